The van der Waals surface area contributed by atoms with Gasteiger partial charge in [-0.1, -0.05) is 68.8 Å². The number of hydrogen-bond acceptors (Lipinski definition) is 3. The average Bonchev–Trinajstić information content (AvgIpc) is 2.65. The van der Waals surface area contributed by atoms with Crippen LogP contribution in [0.3, 0.4) is 0 Å². The average molecular weight is 341 g/mol. The van der Waals surface area contributed by atoms with Crippen LogP contribution in [0, 0.1) is 0 Å². The summed E-state index contributed by atoms with van der Waals surface area (Å²) in [7, 11) is 0. The van der Waals surface area contributed by atoms with Crippen LogP contribution < -0.4 is 5.48 Å². The number of aliphatic hydroxyl groups is 1. The molecule has 0 unspecified atom stereocenters. The van der Waals surface area contributed by atoms with Crippen LogP contribution in [0.15, 0.2) is 48.5 Å². The quantitative estimate of drug-likeness (QED) is 0.374. The number of unbranched alkanes of at least 4 members (excludes halogenated alkanes) is 1. The Balaban J connectivity index is 1.91. The first-order valence-electron chi connectivity index (χ1n) is 8.82. The van der Waals surface area contributed by atoms with E-state index in [-0.39, 0.29) is 12.3 Å². The lowest BCUT2D eigenvalue weighted by Crippen LogP contribution is -2.17. The van der Waals surface area contributed by atoms with Crippen molar-refractivity contribution in [2.45, 2.75) is 51.6 Å². The highest BCUT2D eigenvalue weighted by Crippen LogP contribution is 2.26. The molecular formula is C21H27NO3. The molecule has 0 saturated carbocycles. The van der Waals surface area contributed by atoms with Gasteiger partial charge in [-0.25, -0.2) is 5.48 Å². The van der Waals surface area contributed by atoms with Gasteiger partial charge in [0, 0.05) is 6.42 Å². The summed E-state index contributed by atoms with van der Waals surface area (Å²) < 4.78 is 0. The fourth-order valence-corrected chi connectivity index (χ4v) is 2.80. The minimum absolute atomic E-state index is 0.272. The molecule has 2 rings (SSSR count). The van der Waals surface area contributed by atoms with E-state index >= 15 is 0 Å². The van der Waals surface area contributed by atoms with Gasteiger partial charge in [-0.15, -0.1) is 0 Å². The zero-order valence-electron chi connectivity index (χ0n) is 14.9. The number of aliphatic hydroxyl groups excluding tert-OH is 1. The first-order valence-corrected chi connectivity index (χ1v) is 8.82. The zero-order chi connectivity index (χ0) is 18.2. The lowest BCUT2D eigenvalue weighted by molar-refractivity contribution is -0.129. The van der Waals surface area contributed by atoms with Crippen molar-refractivity contribution in [1.82, 2.24) is 5.48 Å². The molecule has 2 aromatic rings. The van der Waals surface area contributed by atoms with Crippen LogP contribution in [-0.4, -0.2) is 16.2 Å². The van der Waals surface area contributed by atoms with Gasteiger partial charge in [-0.2, -0.15) is 0 Å². The molecule has 0 aliphatic carbocycles. The molecule has 4 nitrogen and oxygen atoms in total. The largest absolute Gasteiger partial charge is 0.388 e. The molecule has 0 bridgehead atoms. The highest BCUT2D eigenvalue weighted by Gasteiger charge is 2.09. The van der Waals surface area contributed by atoms with Gasteiger partial charge in [0.15, 0.2) is 0 Å². The fourth-order valence-electron chi connectivity index (χ4n) is 2.80. The molecule has 0 aromatic heterocycles. The van der Waals surface area contributed by atoms with Crippen molar-refractivity contribution in [3.05, 3.63) is 59.7 Å². The molecule has 4 heteroatoms. The standard InChI is InChI=1S/C21H27NO3/c1-15(2)16-7-9-17(10-8-16)18-11-13-19(14-12-18)20(23)5-3-4-6-21(24)22-25/h7-15,20,23,25H,3-6H2,1-2H3,(H,22,24)/t20-/m1/s1. The predicted octanol–water partition coefficient (Wildman–Crippen LogP) is 4.58. The van der Waals surface area contributed by atoms with Crippen LogP contribution in [0.25, 0.3) is 11.1 Å². The van der Waals surface area contributed by atoms with Crippen molar-refractivity contribution in [2.75, 3.05) is 0 Å². The molecule has 134 valence electrons. The van der Waals surface area contributed by atoms with Crippen LogP contribution in [0.5, 0.6) is 0 Å². The second-order valence-electron chi connectivity index (χ2n) is 6.70. The van der Waals surface area contributed by atoms with E-state index in [0.717, 1.165) is 17.5 Å². The van der Waals surface area contributed by atoms with Gasteiger partial charge in [-0.3, -0.25) is 10.0 Å². The summed E-state index contributed by atoms with van der Waals surface area (Å²) in [6, 6.07) is 16.5. The fraction of sp³-hybridized carbons (Fsp3) is 0.381. The number of carbonyl (C=O) groups excluding carboxylic acids is 1. The number of carbonyl (C=O) groups is 1. The molecule has 25 heavy (non-hydrogen) atoms. The Morgan fingerprint density at radius 1 is 0.920 bits per heavy atom. The first kappa shape index (κ1) is 19.2. The van der Waals surface area contributed by atoms with Gasteiger partial charge in [-0.05, 0) is 41.0 Å². The summed E-state index contributed by atoms with van der Waals surface area (Å²) in [5, 5.41) is 18.7. The van der Waals surface area contributed by atoms with Gasteiger partial charge in [0.05, 0.1) is 6.10 Å². The predicted molar refractivity (Wildman–Crippen MR) is 99.3 cm³/mol. The van der Waals surface area contributed by atoms with E-state index in [1.54, 1.807) is 5.48 Å². The Labute approximate surface area is 149 Å². The maximum atomic E-state index is 10.9. The number of nitrogens with one attached hydrogen (secondary N) is 1. The summed E-state index contributed by atoms with van der Waals surface area (Å²) >= 11 is 0. The van der Waals surface area contributed by atoms with Gasteiger partial charge < -0.3 is 5.11 Å². The maximum absolute atomic E-state index is 10.9. The maximum Gasteiger partial charge on any atom is 0.243 e. The Bertz CT molecular complexity index is 663. The molecular weight excluding hydrogens is 314 g/mol. The Morgan fingerprint density at radius 3 is 1.92 bits per heavy atom. The second kappa shape index (κ2) is 9.35. The first-order chi connectivity index (χ1) is 12.0. The summed E-state index contributed by atoms with van der Waals surface area (Å²) in [6.07, 6.45) is 1.71. The highest BCUT2D eigenvalue weighted by atomic mass is 16.5. The van der Waals surface area contributed by atoms with E-state index in [1.165, 1.54) is 11.1 Å². The molecule has 0 fully saturated rings. The van der Waals surface area contributed by atoms with E-state index in [0.29, 0.717) is 18.8 Å². The molecule has 0 saturated heterocycles. The third-order valence-electron chi connectivity index (χ3n) is 4.46. The van der Waals surface area contributed by atoms with Crippen molar-refractivity contribution in [3.63, 3.8) is 0 Å². The smallest absolute Gasteiger partial charge is 0.243 e. The molecule has 0 radical (unpaired) electrons. The number of benzene rings is 2. The van der Waals surface area contributed by atoms with Crippen molar-refractivity contribution in [3.8, 4) is 11.1 Å². The number of hydrogen-bond donors (Lipinski definition) is 3. The lowest BCUT2D eigenvalue weighted by atomic mass is 9.97. The van der Waals surface area contributed by atoms with Crippen LogP contribution in [0.4, 0.5) is 0 Å². The van der Waals surface area contributed by atoms with Crippen molar-refractivity contribution in [2.24, 2.45) is 0 Å². The third kappa shape index (κ3) is 5.69. The minimum atomic E-state index is -0.533. The van der Waals surface area contributed by atoms with E-state index in [2.05, 4.69) is 38.1 Å². The topological polar surface area (TPSA) is 69.6 Å². The van der Waals surface area contributed by atoms with Crippen LogP contribution in [-0.2, 0) is 4.79 Å². The van der Waals surface area contributed by atoms with E-state index < -0.39 is 6.10 Å². The normalized spacial score (nSPS) is 12.2. The van der Waals surface area contributed by atoms with Gasteiger partial charge >= 0.3 is 0 Å². The lowest BCUT2D eigenvalue weighted by Gasteiger charge is -2.12. The third-order valence-corrected chi connectivity index (χ3v) is 4.46. The van der Waals surface area contributed by atoms with Crippen molar-refractivity contribution in [1.29, 1.82) is 0 Å². The summed E-state index contributed by atoms with van der Waals surface area (Å²) in [5.41, 5.74) is 6.12. The van der Waals surface area contributed by atoms with Gasteiger partial charge in [0.2, 0.25) is 5.91 Å². The highest BCUT2D eigenvalue weighted by molar-refractivity contribution is 5.74. The molecule has 2 aromatic carbocycles. The van der Waals surface area contributed by atoms with Crippen LogP contribution in [0.1, 0.15) is 62.7 Å². The molecule has 1 atom stereocenters. The summed E-state index contributed by atoms with van der Waals surface area (Å²) in [6.45, 7) is 4.36. The molecule has 0 aliphatic heterocycles. The number of amides is 1. The summed E-state index contributed by atoms with van der Waals surface area (Å²) in [5.74, 6) is 0.136. The van der Waals surface area contributed by atoms with Gasteiger partial charge in [0.1, 0.15) is 0 Å². The van der Waals surface area contributed by atoms with Crippen LogP contribution >= 0.6 is 0 Å². The van der Waals surface area contributed by atoms with E-state index in [4.69, 9.17) is 5.21 Å². The Kier molecular flexibility index (Phi) is 7.16. The zero-order valence-corrected chi connectivity index (χ0v) is 14.9. The SMILES string of the molecule is CC(C)c1ccc(-c2ccc([C@H](O)CCCCC(=O)NO)cc2)cc1. The molecule has 0 aliphatic rings. The molecule has 3 N–H and O–H groups in total. The molecule has 0 heterocycles. The van der Waals surface area contributed by atoms with E-state index in [9.17, 15) is 9.90 Å². The van der Waals surface area contributed by atoms with Crippen molar-refractivity contribution < 1.29 is 15.1 Å². The van der Waals surface area contributed by atoms with Crippen molar-refractivity contribution >= 4 is 5.91 Å². The van der Waals surface area contributed by atoms with E-state index in [1.807, 2.05) is 24.3 Å². The second-order valence-corrected chi connectivity index (χ2v) is 6.70. The van der Waals surface area contributed by atoms with Crippen LogP contribution in [0.2, 0.25) is 0 Å². The molecule has 1 amide bonds. The number of hydroxylamine groups is 1. The monoisotopic (exact) mass is 341 g/mol. The minimum Gasteiger partial charge on any atom is -0.388 e. The molecule has 0 spiro atoms. The Morgan fingerprint density at radius 2 is 1.44 bits per heavy atom. The van der Waals surface area contributed by atoms with Gasteiger partial charge in [0.25, 0.3) is 0 Å². The Hall–Kier alpha value is -2.17. The summed E-state index contributed by atoms with van der Waals surface area (Å²) in [4.78, 5) is 10.9. The number of rotatable bonds is 8.